The number of nitrogens with zero attached hydrogens (tertiary/aromatic N) is 1. The van der Waals surface area contributed by atoms with Crippen molar-refractivity contribution in [3.8, 4) is 6.07 Å². The van der Waals surface area contributed by atoms with Gasteiger partial charge in [-0.05, 0) is 36.6 Å². The number of hydrogen-bond donors (Lipinski definition) is 2. The fourth-order valence-electron chi connectivity index (χ4n) is 1.37. The Hall–Kier alpha value is -1.42. The first-order valence-electron chi connectivity index (χ1n) is 5.60. The summed E-state index contributed by atoms with van der Waals surface area (Å²) < 4.78 is 26.2. The molecule has 0 heterocycles. The second kappa shape index (κ2) is 6.50. The van der Waals surface area contributed by atoms with Gasteiger partial charge < -0.3 is 5.11 Å². The topological polar surface area (TPSA) is 90.2 Å². The first-order valence-corrected chi connectivity index (χ1v) is 7.08. The lowest BCUT2D eigenvalue weighted by atomic mass is 10.1. The molecule has 0 fully saturated rings. The van der Waals surface area contributed by atoms with Crippen LogP contribution in [0.25, 0.3) is 0 Å². The van der Waals surface area contributed by atoms with E-state index >= 15 is 0 Å². The maximum atomic E-state index is 11.9. The minimum Gasteiger partial charge on any atom is -0.396 e. The zero-order valence-electron chi connectivity index (χ0n) is 10.1. The first-order chi connectivity index (χ1) is 8.49. The van der Waals surface area contributed by atoms with E-state index in [0.717, 1.165) is 0 Å². The van der Waals surface area contributed by atoms with Crippen molar-refractivity contribution in [1.82, 2.24) is 4.72 Å². The van der Waals surface area contributed by atoms with Gasteiger partial charge in [-0.15, -0.1) is 0 Å². The summed E-state index contributed by atoms with van der Waals surface area (Å²) in [5.74, 6) is 0.0724. The van der Waals surface area contributed by atoms with Crippen molar-refractivity contribution < 1.29 is 13.5 Å². The van der Waals surface area contributed by atoms with E-state index in [2.05, 4.69) is 4.72 Å². The smallest absolute Gasteiger partial charge is 0.240 e. The van der Waals surface area contributed by atoms with Crippen LogP contribution in [0.1, 0.15) is 18.9 Å². The highest BCUT2D eigenvalue weighted by Gasteiger charge is 2.14. The fourth-order valence-corrected chi connectivity index (χ4v) is 2.53. The van der Waals surface area contributed by atoms with Crippen molar-refractivity contribution in [2.24, 2.45) is 5.92 Å². The molecule has 0 aliphatic heterocycles. The van der Waals surface area contributed by atoms with E-state index in [1.54, 1.807) is 0 Å². The van der Waals surface area contributed by atoms with Gasteiger partial charge >= 0.3 is 0 Å². The van der Waals surface area contributed by atoms with Gasteiger partial charge in [0.05, 0.1) is 16.5 Å². The van der Waals surface area contributed by atoms with Crippen LogP contribution in [0.15, 0.2) is 29.2 Å². The van der Waals surface area contributed by atoms with Gasteiger partial charge in [-0.3, -0.25) is 0 Å². The Morgan fingerprint density at radius 3 is 2.50 bits per heavy atom. The molecule has 1 atom stereocenters. The molecule has 6 heteroatoms. The molecule has 1 rings (SSSR count). The summed E-state index contributed by atoms with van der Waals surface area (Å²) in [6, 6.07) is 7.66. The van der Waals surface area contributed by atoms with Crippen LogP contribution in [0.4, 0.5) is 0 Å². The molecular weight excluding hydrogens is 252 g/mol. The average Bonchev–Trinajstić information content (AvgIpc) is 2.37. The lowest BCUT2D eigenvalue weighted by Crippen LogP contribution is -2.28. The van der Waals surface area contributed by atoms with E-state index in [4.69, 9.17) is 10.4 Å². The number of hydrogen-bond acceptors (Lipinski definition) is 4. The number of nitriles is 1. The molecule has 0 aliphatic carbocycles. The number of nitrogens with one attached hydrogen (secondary N) is 1. The molecule has 98 valence electrons. The Kier molecular flexibility index (Phi) is 5.28. The Morgan fingerprint density at radius 1 is 1.39 bits per heavy atom. The molecule has 1 aromatic rings. The summed E-state index contributed by atoms with van der Waals surface area (Å²) >= 11 is 0. The SMILES string of the molecule is CC(CCO)CNS(=O)(=O)c1ccc(C#N)cc1. The quantitative estimate of drug-likeness (QED) is 0.800. The minimum absolute atomic E-state index is 0.0414. The van der Waals surface area contributed by atoms with E-state index < -0.39 is 10.0 Å². The van der Waals surface area contributed by atoms with Gasteiger partial charge in [0.1, 0.15) is 0 Å². The molecule has 0 aliphatic rings. The molecular formula is C12H16N2O3S. The second-order valence-electron chi connectivity index (χ2n) is 4.11. The molecule has 0 radical (unpaired) electrons. The first kappa shape index (κ1) is 14.6. The highest BCUT2D eigenvalue weighted by molar-refractivity contribution is 7.89. The van der Waals surface area contributed by atoms with E-state index in [9.17, 15) is 8.42 Å². The van der Waals surface area contributed by atoms with Gasteiger partial charge in [-0.1, -0.05) is 6.92 Å². The molecule has 0 bridgehead atoms. The van der Waals surface area contributed by atoms with E-state index in [0.29, 0.717) is 12.0 Å². The maximum Gasteiger partial charge on any atom is 0.240 e. The van der Waals surface area contributed by atoms with Gasteiger partial charge in [0, 0.05) is 13.2 Å². The highest BCUT2D eigenvalue weighted by atomic mass is 32.2. The van der Waals surface area contributed by atoms with Crippen LogP contribution in [0.5, 0.6) is 0 Å². The summed E-state index contributed by atoms with van der Waals surface area (Å²) in [4.78, 5) is 0.137. The molecule has 0 amide bonds. The van der Waals surface area contributed by atoms with E-state index in [-0.39, 0.29) is 24.0 Å². The Morgan fingerprint density at radius 2 is 2.00 bits per heavy atom. The van der Waals surface area contributed by atoms with Crippen molar-refractivity contribution in [2.45, 2.75) is 18.2 Å². The van der Waals surface area contributed by atoms with Gasteiger partial charge in [0.25, 0.3) is 0 Å². The summed E-state index contributed by atoms with van der Waals surface area (Å²) in [7, 11) is -3.54. The van der Waals surface area contributed by atoms with Gasteiger partial charge in [-0.25, -0.2) is 13.1 Å². The standard InChI is InChI=1S/C12H16N2O3S/c1-10(6-7-15)9-14-18(16,17)12-4-2-11(8-13)3-5-12/h2-5,10,14-15H,6-7,9H2,1H3. The van der Waals surface area contributed by atoms with Crippen LogP contribution < -0.4 is 4.72 Å². The third-order valence-corrected chi connectivity index (χ3v) is 3.98. The molecule has 0 aromatic heterocycles. The predicted octanol–water partition coefficient (Wildman–Crippen LogP) is 0.855. The molecule has 5 nitrogen and oxygen atoms in total. The summed E-state index contributed by atoms with van der Waals surface area (Å²) in [6.45, 7) is 2.18. The van der Waals surface area contributed by atoms with Crippen molar-refractivity contribution in [2.75, 3.05) is 13.2 Å². The van der Waals surface area contributed by atoms with Gasteiger partial charge in [0.15, 0.2) is 0 Å². The highest BCUT2D eigenvalue weighted by Crippen LogP contribution is 2.10. The Balaban J connectivity index is 2.71. The summed E-state index contributed by atoms with van der Waals surface area (Å²) in [5, 5.41) is 17.4. The molecule has 1 unspecified atom stereocenters. The number of aliphatic hydroxyl groups is 1. The Labute approximate surface area is 107 Å². The molecule has 0 saturated carbocycles. The third-order valence-electron chi connectivity index (χ3n) is 2.54. The number of benzene rings is 1. The zero-order valence-corrected chi connectivity index (χ0v) is 10.9. The maximum absolute atomic E-state index is 11.9. The second-order valence-corrected chi connectivity index (χ2v) is 5.87. The van der Waals surface area contributed by atoms with Crippen molar-refractivity contribution >= 4 is 10.0 Å². The number of aliphatic hydroxyl groups excluding tert-OH is 1. The van der Waals surface area contributed by atoms with Crippen LogP contribution in [-0.2, 0) is 10.0 Å². The molecule has 0 spiro atoms. The zero-order chi connectivity index (χ0) is 13.6. The molecule has 2 N–H and O–H groups in total. The average molecular weight is 268 g/mol. The van der Waals surface area contributed by atoms with Gasteiger partial charge in [-0.2, -0.15) is 5.26 Å². The fraction of sp³-hybridized carbons (Fsp3) is 0.417. The minimum atomic E-state index is -3.54. The predicted molar refractivity (Wildman–Crippen MR) is 67.2 cm³/mol. The molecule has 0 saturated heterocycles. The third kappa shape index (κ3) is 4.11. The van der Waals surface area contributed by atoms with Crippen LogP contribution in [0.3, 0.4) is 0 Å². The monoisotopic (exact) mass is 268 g/mol. The number of sulfonamides is 1. The van der Waals surface area contributed by atoms with E-state index in [1.165, 1.54) is 24.3 Å². The van der Waals surface area contributed by atoms with Crippen LogP contribution in [0, 0.1) is 17.2 Å². The van der Waals surface area contributed by atoms with Crippen molar-refractivity contribution in [3.63, 3.8) is 0 Å². The largest absolute Gasteiger partial charge is 0.396 e. The van der Waals surface area contributed by atoms with Crippen LogP contribution >= 0.6 is 0 Å². The lowest BCUT2D eigenvalue weighted by Gasteiger charge is -2.11. The van der Waals surface area contributed by atoms with Crippen LogP contribution in [-0.4, -0.2) is 26.7 Å². The van der Waals surface area contributed by atoms with Crippen molar-refractivity contribution in [3.05, 3.63) is 29.8 Å². The van der Waals surface area contributed by atoms with Crippen molar-refractivity contribution in [1.29, 1.82) is 5.26 Å². The van der Waals surface area contributed by atoms with Gasteiger partial charge in [0.2, 0.25) is 10.0 Å². The summed E-state index contributed by atoms with van der Waals surface area (Å²) in [5.41, 5.74) is 0.419. The molecule has 1 aromatic carbocycles. The molecule has 18 heavy (non-hydrogen) atoms. The van der Waals surface area contributed by atoms with Crippen LogP contribution in [0.2, 0.25) is 0 Å². The lowest BCUT2D eigenvalue weighted by molar-refractivity contribution is 0.263. The van der Waals surface area contributed by atoms with E-state index in [1.807, 2.05) is 13.0 Å². The summed E-state index contributed by atoms with van der Waals surface area (Å²) in [6.07, 6.45) is 0.551. The normalized spacial score (nSPS) is 12.9. The Bertz CT molecular complexity index is 517. The number of rotatable bonds is 6.